The molecule has 0 radical (unpaired) electrons. The maximum absolute atomic E-state index is 12.9. The number of rotatable bonds is 3. The predicted molar refractivity (Wildman–Crippen MR) is 99.0 cm³/mol. The molecule has 1 N–H and O–H groups in total. The second-order valence-electron chi connectivity index (χ2n) is 5.92. The molecular formula is C21H16F3N3O. The molecule has 0 bridgehead atoms. The van der Waals surface area contributed by atoms with Gasteiger partial charge in [-0.15, -0.1) is 0 Å². The van der Waals surface area contributed by atoms with Crippen LogP contribution in [0.1, 0.15) is 27.2 Å². The molecule has 0 aliphatic heterocycles. The van der Waals surface area contributed by atoms with Crippen molar-refractivity contribution in [3.8, 4) is 17.5 Å². The van der Waals surface area contributed by atoms with Crippen LogP contribution in [0.15, 0.2) is 60.8 Å². The fourth-order valence-corrected chi connectivity index (χ4v) is 2.66. The molecule has 0 fully saturated rings. The minimum Gasteiger partial charge on any atom is -0.341 e. The monoisotopic (exact) mass is 383 g/mol. The molecule has 0 saturated carbocycles. The average molecular weight is 383 g/mol. The van der Waals surface area contributed by atoms with E-state index in [1.807, 2.05) is 30.3 Å². The summed E-state index contributed by atoms with van der Waals surface area (Å²) in [6.07, 6.45) is -3.03. The standard InChI is InChI=1S/C21H16F3N3O/c1-15-18(14-26-27(15)17-10-3-2-4-11-17)20(28)25-13-7-9-16-8-5-6-12-19(16)21(22,23)24/h2-6,8,10-12,14H,13H2,1H3,(H,25,28). The number of hydrogen-bond acceptors (Lipinski definition) is 2. The molecule has 0 atom stereocenters. The van der Waals surface area contributed by atoms with Crippen LogP contribution < -0.4 is 5.32 Å². The number of hydrogen-bond donors (Lipinski definition) is 1. The first-order valence-corrected chi connectivity index (χ1v) is 8.41. The van der Waals surface area contributed by atoms with Crippen LogP contribution in [0.5, 0.6) is 0 Å². The van der Waals surface area contributed by atoms with E-state index < -0.39 is 17.6 Å². The van der Waals surface area contributed by atoms with Gasteiger partial charge in [0.1, 0.15) is 0 Å². The van der Waals surface area contributed by atoms with Gasteiger partial charge in [-0.25, -0.2) is 4.68 Å². The fraction of sp³-hybridized carbons (Fsp3) is 0.143. The highest BCUT2D eigenvalue weighted by Crippen LogP contribution is 2.31. The van der Waals surface area contributed by atoms with Crippen LogP contribution in [-0.4, -0.2) is 22.2 Å². The van der Waals surface area contributed by atoms with Crippen molar-refractivity contribution in [3.63, 3.8) is 0 Å². The maximum Gasteiger partial charge on any atom is 0.417 e. The maximum atomic E-state index is 12.9. The van der Waals surface area contributed by atoms with Gasteiger partial charge >= 0.3 is 6.18 Å². The summed E-state index contributed by atoms with van der Waals surface area (Å²) in [6.45, 7) is 1.68. The first kappa shape index (κ1) is 19.2. The number of carbonyl (C=O) groups excluding carboxylic acids is 1. The summed E-state index contributed by atoms with van der Waals surface area (Å²) in [4.78, 5) is 12.3. The number of nitrogens with zero attached hydrogens (tertiary/aromatic N) is 2. The molecule has 0 aliphatic carbocycles. The van der Waals surface area contributed by atoms with Crippen LogP contribution in [0.3, 0.4) is 0 Å². The minimum absolute atomic E-state index is 0.0824. The first-order chi connectivity index (χ1) is 13.4. The minimum atomic E-state index is -4.47. The van der Waals surface area contributed by atoms with Gasteiger partial charge in [0, 0.05) is 5.56 Å². The molecule has 1 heterocycles. The van der Waals surface area contributed by atoms with Gasteiger partial charge in [-0.1, -0.05) is 42.2 Å². The Labute approximate surface area is 160 Å². The molecule has 1 aromatic heterocycles. The van der Waals surface area contributed by atoms with E-state index in [2.05, 4.69) is 22.3 Å². The fourth-order valence-electron chi connectivity index (χ4n) is 2.66. The Hall–Kier alpha value is -3.53. The van der Waals surface area contributed by atoms with Gasteiger partial charge in [-0.05, 0) is 31.2 Å². The van der Waals surface area contributed by atoms with Crippen LogP contribution in [0.25, 0.3) is 5.69 Å². The van der Waals surface area contributed by atoms with Crippen molar-refractivity contribution < 1.29 is 18.0 Å². The van der Waals surface area contributed by atoms with Crippen LogP contribution in [0.2, 0.25) is 0 Å². The normalized spacial score (nSPS) is 10.9. The summed E-state index contributed by atoms with van der Waals surface area (Å²) in [5.41, 5.74) is 0.925. The number of alkyl halides is 3. The van der Waals surface area contributed by atoms with Crippen LogP contribution in [-0.2, 0) is 6.18 Å². The Morgan fingerprint density at radius 1 is 1.11 bits per heavy atom. The van der Waals surface area contributed by atoms with Gasteiger partial charge in [0.2, 0.25) is 0 Å². The molecule has 1 amide bonds. The molecule has 0 spiro atoms. The van der Waals surface area contributed by atoms with Crippen molar-refractivity contribution in [1.29, 1.82) is 0 Å². The highest BCUT2D eigenvalue weighted by Gasteiger charge is 2.32. The summed E-state index contributed by atoms with van der Waals surface area (Å²) in [5, 5.41) is 6.80. The van der Waals surface area contributed by atoms with Crippen molar-refractivity contribution in [2.45, 2.75) is 13.1 Å². The Bertz CT molecular complexity index is 1040. The third-order valence-corrected chi connectivity index (χ3v) is 4.05. The zero-order valence-corrected chi connectivity index (χ0v) is 14.9. The topological polar surface area (TPSA) is 46.9 Å². The number of para-hydroxylation sites is 1. The van der Waals surface area contributed by atoms with Crippen molar-refractivity contribution >= 4 is 5.91 Å². The van der Waals surface area contributed by atoms with Gasteiger partial charge in [0.15, 0.2) is 0 Å². The Morgan fingerprint density at radius 3 is 2.50 bits per heavy atom. The molecule has 7 heteroatoms. The summed E-state index contributed by atoms with van der Waals surface area (Å²) in [6, 6.07) is 14.4. The number of aromatic nitrogens is 2. The zero-order valence-electron chi connectivity index (χ0n) is 14.9. The van der Waals surface area contributed by atoms with E-state index in [-0.39, 0.29) is 12.1 Å². The molecule has 28 heavy (non-hydrogen) atoms. The Balaban J connectivity index is 1.69. The zero-order chi connectivity index (χ0) is 20.1. The molecule has 0 aliphatic rings. The van der Waals surface area contributed by atoms with Gasteiger partial charge < -0.3 is 5.32 Å². The lowest BCUT2D eigenvalue weighted by molar-refractivity contribution is -0.137. The number of halogens is 3. The second kappa shape index (κ2) is 8.01. The van der Waals surface area contributed by atoms with Gasteiger partial charge in [-0.3, -0.25) is 4.79 Å². The van der Waals surface area contributed by atoms with Crippen LogP contribution in [0.4, 0.5) is 13.2 Å². The molecule has 3 aromatic rings. The first-order valence-electron chi connectivity index (χ1n) is 8.41. The molecule has 0 unspecified atom stereocenters. The van der Waals surface area contributed by atoms with Gasteiger partial charge in [0.25, 0.3) is 5.91 Å². The SMILES string of the molecule is Cc1c(C(=O)NCC#Cc2ccccc2C(F)(F)F)cnn1-c1ccccc1. The summed E-state index contributed by atoms with van der Waals surface area (Å²) < 4.78 is 40.5. The average Bonchev–Trinajstić information content (AvgIpc) is 3.07. The van der Waals surface area contributed by atoms with E-state index in [0.717, 1.165) is 11.8 Å². The van der Waals surface area contributed by atoms with Crippen molar-refractivity contribution in [2.24, 2.45) is 0 Å². The molecule has 142 valence electrons. The summed E-state index contributed by atoms with van der Waals surface area (Å²) in [5.74, 6) is 4.64. The quantitative estimate of drug-likeness (QED) is 0.696. The highest BCUT2D eigenvalue weighted by molar-refractivity contribution is 5.95. The predicted octanol–water partition coefficient (Wildman–Crippen LogP) is 3.98. The summed E-state index contributed by atoms with van der Waals surface area (Å²) in [7, 11) is 0. The molecule has 0 saturated heterocycles. The van der Waals surface area contributed by atoms with E-state index in [1.165, 1.54) is 24.4 Å². The van der Waals surface area contributed by atoms with Crippen molar-refractivity contribution in [3.05, 3.63) is 83.2 Å². The number of benzene rings is 2. The molecule has 4 nitrogen and oxygen atoms in total. The lowest BCUT2D eigenvalue weighted by Gasteiger charge is -2.08. The number of nitrogens with one attached hydrogen (secondary N) is 1. The van der Waals surface area contributed by atoms with E-state index in [0.29, 0.717) is 11.3 Å². The third-order valence-electron chi connectivity index (χ3n) is 4.05. The lowest BCUT2D eigenvalue weighted by atomic mass is 10.1. The largest absolute Gasteiger partial charge is 0.417 e. The number of amides is 1. The molecule has 2 aromatic carbocycles. The third kappa shape index (κ3) is 4.23. The van der Waals surface area contributed by atoms with E-state index in [9.17, 15) is 18.0 Å². The molecule has 3 rings (SSSR count). The van der Waals surface area contributed by atoms with Crippen molar-refractivity contribution in [1.82, 2.24) is 15.1 Å². The Kier molecular flexibility index (Phi) is 5.50. The van der Waals surface area contributed by atoms with Crippen LogP contribution in [0, 0.1) is 18.8 Å². The Morgan fingerprint density at radius 2 is 1.79 bits per heavy atom. The van der Waals surface area contributed by atoms with Gasteiger partial charge in [0.05, 0.1) is 35.2 Å². The van der Waals surface area contributed by atoms with E-state index in [4.69, 9.17) is 0 Å². The van der Waals surface area contributed by atoms with Gasteiger partial charge in [-0.2, -0.15) is 18.3 Å². The summed E-state index contributed by atoms with van der Waals surface area (Å²) >= 11 is 0. The lowest BCUT2D eigenvalue weighted by Crippen LogP contribution is -2.24. The van der Waals surface area contributed by atoms with E-state index in [1.54, 1.807) is 11.6 Å². The second-order valence-corrected chi connectivity index (χ2v) is 5.92. The van der Waals surface area contributed by atoms with E-state index >= 15 is 0 Å². The van der Waals surface area contributed by atoms with Crippen LogP contribution >= 0.6 is 0 Å². The highest BCUT2D eigenvalue weighted by atomic mass is 19.4. The smallest absolute Gasteiger partial charge is 0.341 e. The van der Waals surface area contributed by atoms with Crippen molar-refractivity contribution in [2.75, 3.05) is 6.54 Å². The number of carbonyl (C=O) groups is 1. The molecular weight excluding hydrogens is 367 g/mol.